The van der Waals surface area contributed by atoms with E-state index in [1.807, 2.05) is 0 Å². The summed E-state index contributed by atoms with van der Waals surface area (Å²) in [4.78, 5) is 19.6. The van der Waals surface area contributed by atoms with Crippen molar-refractivity contribution in [2.75, 3.05) is 19.7 Å². The molecule has 1 heterocycles. The van der Waals surface area contributed by atoms with Crippen LogP contribution in [0.1, 0.15) is 25.7 Å². The average Bonchev–Trinajstić information content (AvgIpc) is 2.20. The molecule has 88 valence electrons. The molecule has 0 aromatic carbocycles. The first kappa shape index (κ1) is 14.4. The van der Waals surface area contributed by atoms with Crippen LogP contribution < -0.4 is 5.32 Å². The molecule has 0 aromatic rings. The summed E-state index contributed by atoms with van der Waals surface area (Å²) in [5.74, 6) is -0.941. The third-order valence-electron chi connectivity index (χ3n) is 1.83. The van der Waals surface area contributed by atoms with Gasteiger partial charge in [-0.15, -0.1) is 0 Å². The minimum atomic E-state index is -0.941. The monoisotopic (exact) mass is 279 g/mol. The summed E-state index contributed by atoms with van der Waals surface area (Å²) in [6.45, 7) is 2.51. The molecule has 5 nitrogen and oxygen atoms in total. The van der Waals surface area contributed by atoms with E-state index in [0.29, 0.717) is 0 Å². The van der Waals surface area contributed by atoms with Gasteiger partial charge in [0.1, 0.15) is 0 Å². The van der Waals surface area contributed by atoms with Crippen LogP contribution in [0.4, 0.5) is 4.79 Å². The first-order chi connectivity index (χ1) is 7.13. The molecule has 1 saturated heterocycles. The number of carboxylic acids is 1. The fourth-order valence-electron chi connectivity index (χ4n) is 1.08. The maximum atomic E-state index is 10.1. The number of nitrogens with one attached hydrogen (secondary N) is 1. The summed E-state index contributed by atoms with van der Waals surface area (Å²) >= 11 is 0.00546. The van der Waals surface area contributed by atoms with E-state index in [1.54, 1.807) is 0 Å². The van der Waals surface area contributed by atoms with E-state index >= 15 is 0 Å². The van der Waals surface area contributed by atoms with Crippen LogP contribution in [0.15, 0.2) is 0 Å². The zero-order chi connectivity index (χ0) is 11.5. The number of rotatable bonds is 3. The number of piperidine rings is 1. The van der Waals surface area contributed by atoms with Crippen molar-refractivity contribution in [3.63, 3.8) is 0 Å². The van der Waals surface area contributed by atoms with Crippen LogP contribution in [0.25, 0.3) is 0 Å². The first-order valence-corrected chi connectivity index (χ1v) is 7.28. The van der Waals surface area contributed by atoms with Crippen molar-refractivity contribution in [2.24, 2.45) is 0 Å². The van der Waals surface area contributed by atoms with Crippen LogP contribution in [0.2, 0.25) is 0 Å². The summed E-state index contributed by atoms with van der Waals surface area (Å²) in [6.07, 6.45) is 4.12. The van der Waals surface area contributed by atoms with Crippen LogP contribution in [-0.4, -0.2) is 52.1 Å². The fraction of sp³-hybridized carbons (Fsp3) is 0.778. The summed E-state index contributed by atoms with van der Waals surface area (Å²) in [6, 6.07) is 0. The predicted octanol–water partition coefficient (Wildman–Crippen LogP) is -0.277. The number of carbonyl (C=O) groups is 2. The Bertz CT molecular complexity index is 169. The Kier molecular flexibility index (Phi) is 9.61. The zero-order valence-corrected chi connectivity index (χ0v) is 13.3. The van der Waals surface area contributed by atoms with Gasteiger partial charge in [-0.05, 0) is 25.9 Å². The van der Waals surface area contributed by atoms with Gasteiger partial charge in [0.15, 0.2) is 0 Å². The molecule has 0 amide bonds. The summed E-state index contributed by atoms with van der Waals surface area (Å²) in [5.41, 5.74) is 0. The van der Waals surface area contributed by atoms with E-state index < -0.39 is 5.97 Å². The molecular weight excluding hydrogens is 259 g/mol. The SMILES string of the molecule is C1CCNCC1.O=C(O)CCO[C](=O)[GeH3]. The standard InChI is InChI=1S/C5H11N.C4H8GeO4/c1-2-4-6-5-3-1;5-4(8)9-2-1-3(6)7/h6H,1-5H2;1-2H2,5H3,(H,6,7). The van der Waals surface area contributed by atoms with Crippen LogP contribution >= 0.6 is 0 Å². The maximum absolute atomic E-state index is 10.1. The quantitative estimate of drug-likeness (QED) is 0.694. The molecule has 0 unspecified atom stereocenters. The van der Waals surface area contributed by atoms with E-state index in [2.05, 4.69) is 10.1 Å². The summed E-state index contributed by atoms with van der Waals surface area (Å²) in [5, 5.41) is 11.3. The van der Waals surface area contributed by atoms with E-state index in [4.69, 9.17) is 5.11 Å². The number of carbonyl (C=O) groups excluding carboxylic acids is 1. The van der Waals surface area contributed by atoms with Gasteiger partial charge in [-0.3, -0.25) is 0 Å². The second-order valence-electron chi connectivity index (χ2n) is 3.29. The van der Waals surface area contributed by atoms with Gasteiger partial charge in [0.25, 0.3) is 0 Å². The number of carboxylic acid groups (broad SMARTS) is 1. The minimum absolute atomic E-state index is 0.00546. The van der Waals surface area contributed by atoms with E-state index in [0.717, 1.165) is 0 Å². The Morgan fingerprint density at radius 3 is 2.13 bits per heavy atom. The third-order valence-corrected chi connectivity index (χ3v) is 2.43. The molecule has 1 rings (SSSR count). The Hall–Kier alpha value is -0.557. The number of ether oxygens (including phenoxy) is 1. The molecular formula is C9H19GeNO4. The van der Waals surface area contributed by atoms with Crippen molar-refractivity contribution >= 4 is 27.3 Å². The van der Waals surface area contributed by atoms with Gasteiger partial charge in [-0.25, -0.2) is 0 Å². The molecule has 0 atom stereocenters. The van der Waals surface area contributed by atoms with Crippen LogP contribution in [0, 0.1) is 0 Å². The third kappa shape index (κ3) is 13.4. The molecule has 0 bridgehead atoms. The molecule has 15 heavy (non-hydrogen) atoms. The molecule has 1 fully saturated rings. The Morgan fingerprint density at radius 1 is 1.27 bits per heavy atom. The van der Waals surface area contributed by atoms with Crippen LogP contribution in [0.3, 0.4) is 0 Å². The second-order valence-corrected chi connectivity index (χ2v) is 5.01. The van der Waals surface area contributed by atoms with Crippen LogP contribution in [-0.2, 0) is 9.53 Å². The van der Waals surface area contributed by atoms with Gasteiger partial charge in [0, 0.05) is 0 Å². The summed E-state index contributed by atoms with van der Waals surface area (Å²) in [7, 11) is 0. The number of hydrogen-bond acceptors (Lipinski definition) is 4. The number of aliphatic carboxylic acids is 1. The van der Waals surface area contributed by atoms with E-state index in [1.165, 1.54) is 32.4 Å². The van der Waals surface area contributed by atoms with E-state index in [-0.39, 0.29) is 34.3 Å². The molecule has 0 spiro atoms. The van der Waals surface area contributed by atoms with Gasteiger partial charge in [0.05, 0.1) is 0 Å². The van der Waals surface area contributed by atoms with Crippen molar-refractivity contribution in [1.82, 2.24) is 5.32 Å². The Balaban J connectivity index is 0.000000280. The molecule has 0 aliphatic carbocycles. The summed E-state index contributed by atoms with van der Waals surface area (Å²) < 4.78 is 4.42. The van der Waals surface area contributed by atoms with Gasteiger partial charge < -0.3 is 5.32 Å². The molecule has 1 aliphatic heterocycles. The average molecular weight is 278 g/mol. The van der Waals surface area contributed by atoms with Crippen molar-refractivity contribution in [1.29, 1.82) is 0 Å². The van der Waals surface area contributed by atoms with Gasteiger partial charge in [-0.1, -0.05) is 6.42 Å². The topological polar surface area (TPSA) is 75.6 Å². The fourth-order valence-corrected chi connectivity index (χ4v) is 1.51. The predicted molar refractivity (Wildman–Crippen MR) is 60.3 cm³/mol. The first-order valence-electron chi connectivity index (χ1n) is 5.19. The van der Waals surface area contributed by atoms with Gasteiger partial charge >= 0.3 is 59.7 Å². The molecule has 0 saturated carbocycles. The Morgan fingerprint density at radius 2 is 1.87 bits per heavy atom. The molecule has 0 radical (unpaired) electrons. The number of hydrogen-bond donors (Lipinski definition) is 2. The normalized spacial score (nSPS) is 14.9. The molecule has 1 aliphatic rings. The van der Waals surface area contributed by atoms with Crippen LogP contribution in [0.5, 0.6) is 0 Å². The van der Waals surface area contributed by atoms with Gasteiger partial charge in [-0.2, -0.15) is 0 Å². The zero-order valence-electron chi connectivity index (χ0n) is 9.12. The van der Waals surface area contributed by atoms with Crippen molar-refractivity contribution in [3.05, 3.63) is 0 Å². The van der Waals surface area contributed by atoms with Crippen molar-refractivity contribution in [3.8, 4) is 0 Å². The molecule has 2 N–H and O–H groups in total. The van der Waals surface area contributed by atoms with E-state index in [9.17, 15) is 9.59 Å². The van der Waals surface area contributed by atoms with Crippen molar-refractivity contribution in [2.45, 2.75) is 25.7 Å². The van der Waals surface area contributed by atoms with Crippen molar-refractivity contribution < 1.29 is 19.4 Å². The second kappa shape index (κ2) is 9.98. The van der Waals surface area contributed by atoms with Gasteiger partial charge in [0.2, 0.25) is 0 Å². The Labute approximate surface area is 97.8 Å². The molecule has 0 aromatic heterocycles. The molecule has 6 heteroatoms.